The maximum absolute atomic E-state index is 12.2. The largest absolute Gasteiger partial charge is 0.572 e. The second-order valence-electron chi connectivity index (χ2n) is 5.26. The average Bonchev–Trinajstić information content (AvgIpc) is 2.56. The zero-order valence-corrected chi connectivity index (χ0v) is 13.6. The lowest BCUT2D eigenvalue weighted by Crippen LogP contribution is -2.15. The van der Waals surface area contributed by atoms with Crippen LogP contribution in [0.2, 0.25) is 5.15 Å². The van der Waals surface area contributed by atoms with Crippen molar-refractivity contribution in [2.24, 2.45) is 0 Å². The van der Waals surface area contributed by atoms with Gasteiger partial charge in [-0.05, 0) is 18.6 Å². The van der Waals surface area contributed by atoms with Crippen molar-refractivity contribution >= 4 is 17.4 Å². The molecule has 0 amide bonds. The van der Waals surface area contributed by atoms with Gasteiger partial charge >= 0.3 is 6.36 Å². The number of hydrogen-bond donors (Lipinski definition) is 1. The molecule has 8 heteroatoms. The van der Waals surface area contributed by atoms with Crippen molar-refractivity contribution in [2.45, 2.75) is 19.2 Å². The summed E-state index contributed by atoms with van der Waals surface area (Å²) in [5.41, 5.74) is 1.52. The van der Waals surface area contributed by atoms with Gasteiger partial charge in [-0.2, -0.15) is 0 Å². The molecule has 1 aliphatic rings. The van der Waals surface area contributed by atoms with E-state index >= 15 is 0 Å². The first-order chi connectivity index (χ1) is 11.9. The van der Waals surface area contributed by atoms with Crippen LogP contribution in [0.25, 0.3) is 11.4 Å². The highest BCUT2D eigenvalue weighted by molar-refractivity contribution is 6.29. The summed E-state index contributed by atoms with van der Waals surface area (Å²) in [5, 5.41) is 3.33. The quantitative estimate of drug-likeness (QED) is 0.744. The third-order valence-corrected chi connectivity index (χ3v) is 3.57. The number of aromatic nitrogens is 2. The van der Waals surface area contributed by atoms with E-state index in [1.54, 1.807) is 6.07 Å². The number of alkyl halides is 3. The third-order valence-electron chi connectivity index (χ3n) is 3.37. The number of hydrogen-bond acceptors (Lipinski definition) is 4. The van der Waals surface area contributed by atoms with Crippen LogP contribution in [-0.2, 0) is 4.74 Å². The van der Waals surface area contributed by atoms with E-state index in [1.807, 2.05) is 30.3 Å². The van der Waals surface area contributed by atoms with Crippen LogP contribution in [0.1, 0.15) is 12.8 Å². The van der Waals surface area contributed by atoms with Crippen molar-refractivity contribution in [3.05, 3.63) is 65.2 Å². The molecule has 1 heterocycles. The fraction of sp³-hybridized carbons (Fsp3) is 0.176. The van der Waals surface area contributed by atoms with E-state index < -0.39 is 6.36 Å². The summed E-state index contributed by atoms with van der Waals surface area (Å²) in [6.45, 7) is 0. The second-order valence-corrected chi connectivity index (χ2v) is 5.65. The average molecular weight is 368 g/mol. The van der Waals surface area contributed by atoms with E-state index in [4.69, 9.17) is 11.6 Å². The van der Waals surface area contributed by atoms with E-state index in [9.17, 15) is 13.2 Å². The standard InChI is InChI=1S/C17H13ClF3N3O/c18-14-10-15(24-16(23-14)11-4-2-1-3-5-11)22-12-6-8-13(9-7-12)25-17(19,20)21/h1-6,8,10H,7,9H2,(H,22,23,24). The van der Waals surface area contributed by atoms with Gasteiger partial charge in [-0.3, -0.25) is 0 Å². The summed E-state index contributed by atoms with van der Waals surface area (Å²) in [5.74, 6) is 0.811. The minimum absolute atomic E-state index is 0.122. The van der Waals surface area contributed by atoms with Crippen molar-refractivity contribution in [2.75, 3.05) is 5.32 Å². The minimum Gasteiger partial charge on any atom is -0.410 e. The van der Waals surface area contributed by atoms with Crippen LogP contribution in [0.15, 0.2) is 60.0 Å². The summed E-state index contributed by atoms with van der Waals surface area (Å²) in [7, 11) is 0. The number of allylic oxidation sites excluding steroid dienone is 4. The Kier molecular flexibility index (Phi) is 4.94. The van der Waals surface area contributed by atoms with Crippen molar-refractivity contribution in [1.29, 1.82) is 0 Å². The number of ether oxygens (including phenoxy) is 1. The molecule has 0 aliphatic heterocycles. The molecule has 0 atom stereocenters. The van der Waals surface area contributed by atoms with E-state index in [1.165, 1.54) is 12.2 Å². The van der Waals surface area contributed by atoms with E-state index in [0.29, 0.717) is 23.8 Å². The van der Waals surface area contributed by atoms with E-state index in [2.05, 4.69) is 20.0 Å². The van der Waals surface area contributed by atoms with Gasteiger partial charge < -0.3 is 10.1 Å². The maximum atomic E-state index is 12.2. The van der Waals surface area contributed by atoms with Gasteiger partial charge in [0.25, 0.3) is 0 Å². The Labute approximate surface area is 147 Å². The Morgan fingerprint density at radius 3 is 2.44 bits per heavy atom. The molecular weight excluding hydrogens is 355 g/mol. The maximum Gasteiger partial charge on any atom is 0.572 e. The minimum atomic E-state index is -4.67. The molecule has 0 fully saturated rings. The Bertz CT molecular complexity index is 820. The molecule has 25 heavy (non-hydrogen) atoms. The molecule has 0 bridgehead atoms. The molecular formula is C17H13ClF3N3O. The van der Waals surface area contributed by atoms with Gasteiger partial charge in [0.05, 0.1) is 0 Å². The summed E-state index contributed by atoms with van der Waals surface area (Å²) in [6.07, 6.45) is -1.34. The van der Waals surface area contributed by atoms with Crippen LogP contribution in [0.4, 0.5) is 19.0 Å². The first-order valence-electron chi connectivity index (χ1n) is 7.41. The second kappa shape index (κ2) is 7.14. The van der Waals surface area contributed by atoms with Gasteiger partial charge in [-0.25, -0.2) is 9.97 Å². The zero-order valence-electron chi connectivity index (χ0n) is 12.8. The predicted molar refractivity (Wildman–Crippen MR) is 88.6 cm³/mol. The highest BCUT2D eigenvalue weighted by Crippen LogP contribution is 2.28. The highest BCUT2D eigenvalue weighted by Gasteiger charge is 2.32. The van der Waals surface area contributed by atoms with Crippen molar-refractivity contribution in [1.82, 2.24) is 9.97 Å². The molecule has 0 saturated heterocycles. The summed E-state index contributed by atoms with van der Waals surface area (Å²) < 4.78 is 40.5. The number of benzene rings is 1. The predicted octanol–water partition coefficient (Wildman–Crippen LogP) is 5.31. The van der Waals surface area contributed by atoms with E-state index in [-0.39, 0.29) is 17.3 Å². The normalized spacial score (nSPS) is 14.6. The topological polar surface area (TPSA) is 47.0 Å². The van der Waals surface area contributed by atoms with Gasteiger partial charge in [0, 0.05) is 23.7 Å². The molecule has 0 spiro atoms. The summed E-state index contributed by atoms with van der Waals surface area (Å²) in [6, 6.07) is 10.9. The lowest BCUT2D eigenvalue weighted by Gasteiger charge is -2.18. The first kappa shape index (κ1) is 17.3. The van der Waals surface area contributed by atoms with Crippen molar-refractivity contribution < 1.29 is 17.9 Å². The van der Waals surface area contributed by atoms with Gasteiger partial charge in [-0.15, -0.1) is 13.2 Å². The van der Waals surface area contributed by atoms with Crippen LogP contribution >= 0.6 is 11.6 Å². The lowest BCUT2D eigenvalue weighted by atomic mass is 10.1. The molecule has 1 aliphatic carbocycles. The molecule has 0 saturated carbocycles. The molecule has 4 nitrogen and oxygen atoms in total. The van der Waals surface area contributed by atoms with Crippen LogP contribution in [0.3, 0.4) is 0 Å². The first-order valence-corrected chi connectivity index (χ1v) is 7.79. The molecule has 0 unspecified atom stereocenters. The van der Waals surface area contributed by atoms with Gasteiger partial charge in [0.1, 0.15) is 16.7 Å². The van der Waals surface area contributed by atoms with Crippen molar-refractivity contribution in [3.63, 3.8) is 0 Å². The smallest absolute Gasteiger partial charge is 0.410 e. The molecule has 2 aromatic rings. The highest BCUT2D eigenvalue weighted by atomic mass is 35.5. The molecule has 1 aromatic heterocycles. The monoisotopic (exact) mass is 367 g/mol. The van der Waals surface area contributed by atoms with Crippen LogP contribution < -0.4 is 5.32 Å². The van der Waals surface area contributed by atoms with Crippen molar-refractivity contribution in [3.8, 4) is 11.4 Å². The van der Waals surface area contributed by atoms with Crippen LogP contribution in [0, 0.1) is 0 Å². The number of nitrogens with zero attached hydrogens (tertiary/aromatic N) is 2. The summed E-state index contributed by atoms with van der Waals surface area (Å²) >= 11 is 6.05. The van der Waals surface area contributed by atoms with Crippen LogP contribution in [0.5, 0.6) is 0 Å². The SMILES string of the molecule is FC(F)(F)OC1=CC=C(Nc2cc(Cl)nc(-c3ccccc3)n2)CC1. The number of rotatable bonds is 4. The number of anilines is 1. The number of halogens is 4. The zero-order chi connectivity index (χ0) is 17.9. The van der Waals surface area contributed by atoms with Gasteiger partial charge in [0.2, 0.25) is 0 Å². The Balaban J connectivity index is 1.77. The van der Waals surface area contributed by atoms with Gasteiger partial charge in [0.15, 0.2) is 5.82 Å². The Morgan fingerprint density at radius 1 is 1.04 bits per heavy atom. The number of nitrogens with one attached hydrogen (secondary N) is 1. The summed E-state index contributed by atoms with van der Waals surface area (Å²) in [4.78, 5) is 8.58. The fourth-order valence-electron chi connectivity index (χ4n) is 2.32. The molecule has 1 N–H and O–H groups in total. The molecule has 1 aromatic carbocycles. The lowest BCUT2D eigenvalue weighted by molar-refractivity contribution is -0.306. The third kappa shape index (κ3) is 4.96. The Morgan fingerprint density at radius 2 is 1.80 bits per heavy atom. The molecule has 0 radical (unpaired) electrons. The van der Waals surface area contributed by atoms with Crippen LogP contribution in [-0.4, -0.2) is 16.3 Å². The molecule has 130 valence electrons. The van der Waals surface area contributed by atoms with Gasteiger partial charge in [-0.1, -0.05) is 41.9 Å². The fourth-order valence-corrected chi connectivity index (χ4v) is 2.50. The molecule has 3 rings (SSSR count). The van der Waals surface area contributed by atoms with E-state index in [0.717, 1.165) is 5.56 Å². The Hall–Kier alpha value is -2.54.